The summed E-state index contributed by atoms with van der Waals surface area (Å²) in [6.45, 7) is 6.22. The monoisotopic (exact) mass is 412 g/mol. The summed E-state index contributed by atoms with van der Waals surface area (Å²) in [7, 11) is 0. The van der Waals surface area contributed by atoms with E-state index in [0.29, 0.717) is 23.2 Å². The maximum Gasteiger partial charge on any atom is 0.347 e. The maximum atomic E-state index is 11.4. The molecule has 29 heavy (non-hydrogen) atoms. The number of nitrogens with zero attached hydrogens (tertiary/aromatic N) is 2. The zero-order valence-corrected chi connectivity index (χ0v) is 17.6. The first-order valence-corrected chi connectivity index (χ1v) is 10.7. The number of thiazole rings is 1. The largest absolute Gasteiger partial charge is 0.493 e. The van der Waals surface area contributed by atoms with E-state index in [-0.39, 0.29) is 4.88 Å². The third-order valence-corrected chi connectivity index (χ3v) is 6.66. The van der Waals surface area contributed by atoms with Crippen molar-refractivity contribution in [2.24, 2.45) is 5.92 Å². The van der Waals surface area contributed by atoms with Crippen molar-refractivity contribution in [1.82, 2.24) is 10.1 Å². The summed E-state index contributed by atoms with van der Waals surface area (Å²) in [5, 5.41) is 14.1. The van der Waals surface area contributed by atoms with E-state index in [1.807, 2.05) is 32.0 Å². The molecule has 0 saturated heterocycles. The van der Waals surface area contributed by atoms with Gasteiger partial charge in [0.2, 0.25) is 0 Å². The first-order valence-electron chi connectivity index (χ1n) is 9.85. The van der Waals surface area contributed by atoms with Gasteiger partial charge < -0.3 is 14.4 Å². The smallest absolute Gasteiger partial charge is 0.347 e. The summed E-state index contributed by atoms with van der Waals surface area (Å²) in [5.74, 6) is 1.18. The van der Waals surface area contributed by atoms with Crippen LogP contribution in [0.3, 0.4) is 0 Å². The van der Waals surface area contributed by atoms with Gasteiger partial charge in [0, 0.05) is 11.1 Å². The maximum absolute atomic E-state index is 11.4. The average molecular weight is 413 g/mol. The van der Waals surface area contributed by atoms with E-state index in [9.17, 15) is 9.90 Å². The second-order valence-corrected chi connectivity index (χ2v) is 8.61. The quantitative estimate of drug-likeness (QED) is 0.562. The van der Waals surface area contributed by atoms with Gasteiger partial charge in [0.15, 0.2) is 0 Å². The van der Waals surface area contributed by atoms with E-state index in [2.05, 4.69) is 10.1 Å². The van der Waals surface area contributed by atoms with Gasteiger partial charge >= 0.3 is 5.97 Å². The van der Waals surface area contributed by atoms with Crippen LogP contribution in [0.4, 0.5) is 0 Å². The molecular formula is C22H24N2O4S. The Labute approximate surface area is 173 Å². The highest BCUT2D eigenvalue weighted by molar-refractivity contribution is 7.17. The van der Waals surface area contributed by atoms with Gasteiger partial charge in [0.1, 0.15) is 21.4 Å². The number of hydrogen-bond donors (Lipinski definition) is 1. The summed E-state index contributed by atoms with van der Waals surface area (Å²) >= 11 is 1.18. The highest BCUT2D eigenvalue weighted by Gasteiger charge is 2.21. The minimum atomic E-state index is -0.950. The number of aryl methyl sites for hydroxylation is 3. The zero-order chi connectivity index (χ0) is 20.5. The van der Waals surface area contributed by atoms with Crippen molar-refractivity contribution in [2.75, 3.05) is 6.61 Å². The van der Waals surface area contributed by atoms with E-state index in [1.54, 1.807) is 6.92 Å². The summed E-state index contributed by atoms with van der Waals surface area (Å²) in [5.41, 5.74) is 4.00. The van der Waals surface area contributed by atoms with Gasteiger partial charge in [-0.05, 0) is 57.7 Å². The van der Waals surface area contributed by atoms with Crippen molar-refractivity contribution in [1.29, 1.82) is 0 Å². The molecule has 0 amide bonds. The number of aromatic carboxylic acids is 1. The number of hydrogen-bond acceptors (Lipinski definition) is 6. The second kappa shape index (κ2) is 7.99. The van der Waals surface area contributed by atoms with Crippen LogP contribution in [0.25, 0.3) is 21.7 Å². The number of aromatic nitrogens is 2. The highest BCUT2D eigenvalue weighted by Crippen LogP contribution is 2.39. The lowest BCUT2D eigenvalue weighted by atomic mass is 10.0. The summed E-state index contributed by atoms with van der Waals surface area (Å²) < 4.78 is 11.6. The Hall–Kier alpha value is -2.67. The molecule has 4 rings (SSSR count). The van der Waals surface area contributed by atoms with Crippen LogP contribution in [0.1, 0.15) is 52.5 Å². The molecule has 0 spiro atoms. The van der Waals surface area contributed by atoms with Gasteiger partial charge in [-0.3, -0.25) is 0 Å². The van der Waals surface area contributed by atoms with Gasteiger partial charge in [0.25, 0.3) is 0 Å². The van der Waals surface area contributed by atoms with Crippen molar-refractivity contribution in [3.8, 4) is 27.4 Å². The fourth-order valence-electron chi connectivity index (χ4n) is 3.95. The molecule has 6 nitrogen and oxygen atoms in total. The van der Waals surface area contributed by atoms with Crippen LogP contribution in [0.2, 0.25) is 0 Å². The number of ether oxygens (including phenoxy) is 1. The Morgan fingerprint density at radius 3 is 2.62 bits per heavy atom. The molecule has 1 aliphatic carbocycles. The van der Waals surface area contributed by atoms with Crippen LogP contribution in [0.15, 0.2) is 22.7 Å². The third-order valence-electron chi connectivity index (χ3n) is 5.47. The Balaban J connectivity index is 1.74. The first-order chi connectivity index (χ1) is 13.9. The minimum Gasteiger partial charge on any atom is -0.493 e. The molecule has 2 heterocycles. The van der Waals surface area contributed by atoms with Gasteiger partial charge in [0.05, 0.1) is 23.6 Å². The van der Waals surface area contributed by atoms with Crippen LogP contribution >= 0.6 is 11.3 Å². The van der Waals surface area contributed by atoms with Crippen molar-refractivity contribution < 1.29 is 19.2 Å². The average Bonchev–Trinajstić information content (AvgIpc) is 3.41. The Morgan fingerprint density at radius 1 is 1.24 bits per heavy atom. The fourth-order valence-corrected chi connectivity index (χ4v) is 4.86. The third kappa shape index (κ3) is 3.92. The second-order valence-electron chi connectivity index (χ2n) is 7.61. The predicted molar refractivity (Wildman–Crippen MR) is 112 cm³/mol. The highest BCUT2D eigenvalue weighted by atomic mass is 32.1. The summed E-state index contributed by atoms with van der Waals surface area (Å²) in [6.07, 6.45) is 4.99. The lowest BCUT2D eigenvalue weighted by Crippen LogP contribution is -2.08. The van der Waals surface area contributed by atoms with Crippen molar-refractivity contribution >= 4 is 17.3 Å². The van der Waals surface area contributed by atoms with Crippen LogP contribution in [-0.2, 0) is 0 Å². The summed E-state index contributed by atoms with van der Waals surface area (Å²) in [6, 6.07) is 5.89. The van der Waals surface area contributed by atoms with E-state index >= 15 is 0 Å². The molecule has 1 saturated carbocycles. The van der Waals surface area contributed by atoms with Crippen molar-refractivity contribution in [3.63, 3.8) is 0 Å². The molecule has 0 aliphatic heterocycles. The van der Waals surface area contributed by atoms with Crippen LogP contribution in [0.5, 0.6) is 5.75 Å². The topological polar surface area (TPSA) is 85.5 Å². The SMILES string of the molecule is Cc1nc(-c2ccc(OCC3CCCC3)c(-c3c(C)noc3C)c2)sc1C(=O)O. The van der Waals surface area contributed by atoms with Gasteiger partial charge in [-0.1, -0.05) is 18.0 Å². The standard InChI is InChI=1S/C22H24N2O4S/c1-12-19(14(3)28-24-12)17-10-16(21-23-13(2)20(29-21)22(25)26)8-9-18(17)27-11-15-6-4-5-7-15/h8-10,15H,4-7,11H2,1-3H3,(H,25,26). The van der Waals surface area contributed by atoms with Crippen LogP contribution in [0, 0.1) is 26.7 Å². The van der Waals surface area contributed by atoms with Crippen molar-refractivity contribution in [3.05, 3.63) is 40.2 Å². The van der Waals surface area contributed by atoms with Gasteiger partial charge in [-0.2, -0.15) is 0 Å². The first kappa shape index (κ1) is 19.6. The number of carboxylic acid groups (broad SMARTS) is 1. The molecule has 1 N–H and O–H groups in total. The van der Waals surface area contributed by atoms with Gasteiger partial charge in [-0.25, -0.2) is 9.78 Å². The number of rotatable bonds is 6. The molecule has 1 aliphatic rings. The Kier molecular flexibility index (Phi) is 5.41. The van der Waals surface area contributed by atoms with Crippen LogP contribution in [-0.4, -0.2) is 27.8 Å². The Bertz CT molecular complexity index is 1030. The molecule has 0 radical (unpaired) electrons. The molecule has 0 atom stereocenters. The molecule has 1 aromatic carbocycles. The molecule has 152 valence electrons. The van der Waals surface area contributed by atoms with E-state index in [0.717, 1.165) is 33.9 Å². The van der Waals surface area contributed by atoms with E-state index < -0.39 is 5.97 Å². The molecule has 2 aromatic heterocycles. The number of carboxylic acids is 1. The lowest BCUT2D eigenvalue weighted by Gasteiger charge is -2.15. The summed E-state index contributed by atoms with van der Waals surface area (Å²) in [4.78, 5) is 16.1. The molecule has 0 bridgehead atoms. The molecule has 3 aromatic rings. The fraction of sp³-hybridized carbons (Fsp3) is 0.409. The normalized spacial score (nSPS) is 14.4. The van der Waals surface area contributed by atoms with E-state index in [1.165, 1.54) is 37.0 Å². The number of benzene rings is 1. The molecule has 7 heteroatoms. The predicted octanol–water partition coefficient (Wildman–Crippen LogP) is 5.66. The van der Waals surface area contributed by atoms with E-state index in [4.69, 9.17) is 9.26 Å². The minimum absolute atomic E-state index is 0.264. The zero-order valence-electron chi connectivity index (χ0n) is 16.8. The molecular weight excluding hydrogens is 388 g/mol. The molecule has 1 fully saturated rings. The number of carbonyl (C=O) groups is 1. The Morgan fingerprint density at radius 2 is 2.00 bits per heavy atom. The van der Waals surface area contributed by atoms with Crippen LogP contribution < -0.4 is 4.74 Å². The molecule has 0 unspecified atom stereocenters. The van der Waals surface area contributed by atoms with Crippen molar-refractivity contribution in [2.45, 2.75) is 46.5 Å². The lowest BCUT2D eigenvalue weighted by molar-refractivity contribution is 0.0701. The van der Waals surface area contributed by atoms with Gasteiger partial charge in [-0.15, -0.1) is 11.3 Å².